The van der Waals surface area contributed by atoms with Crippen LogP contribution in [0.3, 0.4) is 0 Å². The first-order chi connectivity index (χ1) is 16.9. The predicted octanol–water partition coefficient (Wildman–Crippen LogP) is 6.39. The number of carbonyl (C=O) groups is 1. The standard InChI is InChI=1S/C31H30O5/c1-30(2,19-11-7-5-8-12-19)23-15-21(32)17-25(34)27(23)29(36)28-24(16-22(33)18-26(28)35)31(3,4)20-13-9-6-10-14-20/h5-18,32-35H,1-4H3. The van der Waals surface area contributed by atoms with Gasteiger partial charge in [0.2, 0.25) is 5.78 Å². The van der Waals surface area contributed by atoms with E-state index in [4.69, 9.17) is 0 Å². The lowest BCUT2D eigenvalue weighted by Gasteiger charge is -2.31. The monoisotopic (exact) mass is 482 g/mol. The molecule has 0 aliphatic rings. The zero-order valence-electron chi connectivity index (χ0n) is 20.8. The quantitative estimate of drug-likeness (QED) is 0.239. The van der Waals surface area contributed by atoms with E-state index in [-0.39, 0.29) is 22.6 Å². The van der Waals surface area contributed by atoms with Gasteiger partial charge < -0.3 is 20.4 Å². The number of hydrogen-bond acceptors (Lipinski definition) is 5. The van der Waals surface area contributed by atoms with Gasteiger partial charge in [-0.15, -0.1) is 0 Å². The number of rotatable bonds is 6. The smallest absolute Gasteiger partial charge is 0.201 e. The third-order valence-corrected chi connectivity index (χ3v) is 7.00. The molecule has 184 valence electrons. The second-order valence-corrected chi connectivity index (χ2v) is 10.1. The molecule has 0 aromatic heterocycles. The fourth-order valence-electron chi connectivity index (χ4n) is 4.83. The maximum Gasteiger partial charge on any atom is 0.201 e. The van der Waals surface area contributed by atoms with Crippen molar-refractivity contribution < 1.29 is 25.2 Å². The Morgan fingerprint density at radius 1 is 0.556 bits per heavy atom. The number of ketones is 1. The molecule has 5 nitrogen and oxygen atoms in total. The Labute approximate surface area is 210 Å². The predicted molar refractivity (Wildman–Crippen MR) is 140 cm³/mol. The van der Waals surface area contributed by atoms with Crippen molar-refractivity contribution in [3.05, 3.63) is 118 Å². The van der Waals surface area contributed by atoms with Crippen LogP contribution in [0.4, 0.5) is 0 Å². The van der Waals surface area contributed by atoms with Gasteiger partial charge in [0.15, 0.2) is 0 Å². The number of aromatic hydroxyl groups is 4. The number of phenols is 4. The second kappa shape index (κ2) is 9.08. The van der Waals surface area contributed by atoms with Crippen molar-refractivity contribution in [1.82, 2.24) is 0 Å². The van der Waals surface area contributed by atoms with Crippen LogP contribution in [0.1, 0.15) is 65.9 Å². The Bertz CT molecular complexity index is 1310. The van der Waals surface area contributed by atoms with E-state index in [1.54, 1.807) is 0 Å². The van der Waals surface area contributed by atoms with E-state index in [1.807, 2.05) is 88.4 Å². The molecule has 0 aliphatic carbocycles. The first-order valence-electron chi connectivity index (χ1n) is 11.7. The molecule has 0 saturated carbocycles. The van der Waals surface area contributed by atoms with Crippen LogP contribution in [0, 0.1) is 0 Å². The van der Waals surface area contributed by atoms with Crippen molar-refractivity contribution in [3.63, 3.8) is 0 Å². The molecule has 0 fully saturated rings. The molecule has 0 aliphatic heterocycles. The van der Waals surface area contributed by atoms with Gasteiger partial charge in [-0.05, 0) is 34.4 Å². The fraction of sp³-hybridized carbons (Fsp3) is 0.194. The molecule has 0 saturated heterocycles. The van der Waals surface area contributed by atoms with Crippen LogP contribution in [0.5, 0.6) is 23.0 Å². The van der Waals surface area contributed by atoms with Crippen LogP contribution in [-0.2, 0) is 10.8 Å². The van der Waals surface area contributed by atoms with Gasteiger partial charge in [0.25, 0.3) is 0 Å². The van der Waals surface area contributed by atoms with E-state index in [1.165, 1.54) is 12.1 Å². The SMILES string of the molecule is CC(C)(c1ccccc1)c1cc(O)cc(O)c1C(=O)c1c(O)cc(O)cc1C(C)(C)c1ccccc1. The summed E-state index contributed by atoms with van der Waals surface area (Å²) in [6.07, 6.45) is 0. The number of hydrogen-bond donors (Lipinski definition) is 4. The Balaban J connectivity index is 1.99. The summed E-state index contributed by atoms with van der Waals surface area (Å²) in [7, 11) is 0. The highest BCUT2D eigenvalue weighted by Crippen LogP contribution is 2.44. The molecule has 4 N–H and O–H groups in total. The highest BCUT2D eigenvalue weighted by molar-refractivity contribution is 6.14. The number of benzene rings is 4. The Kier molecular flexibility index (Phi) is 6.27. The van der Waals surface area contributed by atoms with Gasteiger partial charge in [-0.1, -0.05) is 88.4 Å². The summed E-state index contributed by atoms with van der Waals surface area (Å²) in [5, 5.41) is 42.6. The zero-order chi connectivity index (χ0) is 26.3. The van der Waals surface area contributed by atoms with Crippen molar-refractivity contribution in [2.45, 2.75) is 38.5 Å². The van der Waals surface area contributed by atoms with E-state index in [2.05, 4.69) is 0 Å². The normalized spacial score (nSPS) is 11.9. The molecule has 36 heavy (non-hydrogen) atoms. The van der Waals surface area contributed by atoms with Crippen LogP contribution in [0.2, 0.25) is 0 Å². The summed E-state index contributed by atoms with van der Waals surface area (Å²) in [6.45, 7) is 7.61. The second-order valence-electron chi connectivity index (χ2n) is 10.1. The molecule has 0 radical (unpaired) electrons. The van der Waals surface area contributed by atoms with Gasteiger partial charge in [-0.3, -0.25) is 4.79 Å². The topological polar surface area (TPSA) is 98.0 Å². The number of carbonyl (C=O) groups excluding carboxylic acids is 1. The lowest BCUT2D eigenvalue weighted by atomic mass is 9.72. The molecule has 0 atom stereocenters. The van der Waals surface area contributed by atoms with Crippen molar-refractivity contribution in [2.75, 3.05) is 0 Å². The van der Waals surface area contributed by atoms with Gasteiger partial charge in [0, 0.05) is 23.0 Å². The lowest BCUT2D eigenvalue weighted by Crippen LogP contribution is -2.26. The van der Waals surface area contributed by atoms with E-state index in [0.717, 1.165) is 23.3 Å². The maximum atomic E-state index is 14.2. The fourth-order valence-corrected chi connectivity index (χ4v) is 4.83. The minimum absolute atomic E-state index is 0.0206. The third-order valence-electron chi connectivity index (χ3n) is 7.00. The van der Waals surface area contributed by atoms with Crippen LogP contribution in [0.25, 0.3) is 0 Å². The van der Waals surface area contributed by atoms with Crippen molar-refractivity contribution in [3.8, 4) is 23.0 Å². The van der Waals surface area contributed by atoms with Gasteiger partial charge in [-0.25, -0.2) is 0 Å². The molecular weight excluding hydrogens is 452 g/mol. The van der Waals surface area contributed by atoms with Crippen molar-refractivity contribution >= 4 is 5.78 Å². The third kappa shape index (κ3) is 4.29. The average molecular weight is 483 g/mol. The first-order valence-corrected chi connectivity index (χ1v) is 11.7. The van der Waals surface area contributed by atoms with E-state index in [0.29, 0.717) is 11.1 Å². The van der Waals surface area contributed by atoms with Gasteiger partial charge in [-0.2, -0.15) is 0 Å². The van der Waals surface area contributed by atoms with Gasteiger partial charge in [0.1, 0.15) is 23.0 Å². The molecule has 4 rings (SSSR count). The minimum atomic E-state index is -0.774. The first kappa shape index (κ1) is 24.9. The Morgan fingerprint density at radius 3 is 1.22 bits per heavy atom. The van der Waals surface area contributed by atoms with Crippen molar-refractivity contribution in [1.29, 1.82) is 0 Å². The zero-order valence-corrected chi connectivity index (χ0v) is 20.8. The summed E-state index contributed by atoms with van der Waals surface area (Å²) in [5.74, 6) is -1.75. The Hall–Kier alpha value is -4.25. The summed E-state index contributed by atoms with van der Waals surface area (Å²) >= 11 is 0. The molecule has 0 spiro atoms. The molecule has 4 aromatic carbocycles. The molecule has 0 bridgehead atoms. The molecule has 0 heterocycles. The van der Waals surface area contributed by atoms with E-state index < -0.39 is 28.1 Å². The Morgan fingerprint density at radius 2 is 0.889 bits per heavy atom. The largest absolute Gasteiger partial charge is 0.508 e. The summed E-state index contributed by atoms with van der Waals surface area (Å²) in [4.78, 5) is 14.2. The van der Waals surface area contributed by atoms with Crippen molar-refractivity contribution in [2.24, 2.45) is 0 Å². The van der Waals surface area contributed by atoms with Gasteiger partial charge in [0.05, 0.1) is 11.1 Å². The summed E-state index contributed by atoms with van der Waals surface area (Å²) in [6, 6.07) is 24.1. The van der Waals surface area contributed by atoms with Crippen LogP contribution >= 0.6 is 0 Å². The average Bonchev–Trinajstić information content (AvgIpc) is 2.84. The summed E-state index contributed by atoms with van der Waals surface area (Å²) < 4.78 is 0. The molecule has 4 aromatic rings. The highest BCUT2D eigenvalue weighted by atomic mass is 16.3. The molecule has 0 unspecified atom stereocenters. The number of phenolic OH excluding ortho intramolecular Hbond substituents is 4. The highest BCUT2D eigenvalue weighted by Gasteiger charge is 2.36. The van der Waals surface area contributed by atoms with E-state index >= 15 is 0 Å². The van der Waals surface area contributed by atoms with Gasteiger partial charge >= 0.3 is 0 Å². The lowest BCUT2D eigenvalue weighted by molar-refractivity contribution is 0.103. The van der Waals surface area contributed by atoms with Crippen LogP contribution < -0.4 is 0 Å². The van der Waals surface area contributed by atoms with Crippen LogP contribution in [-0.4, -0.2) is 26.2 Å². The summed E-state index contributed by atoms with van der Waals surface area (Å²) in [5.41, 5.74) is 0.987. The van der Waals surface area contributed by atoms with Crippen LogP contribution in [0.15, 0.2) is 84.9 Å². The maximum absolute atomic E-state index is 14.2. The molecular formula is C31H30O5. The minimum Gasteiger partial charge on any atom is -0.508 e. The molecule has 5 heteroatoms. The molecule has 0 amide bonds. The van der Waals surface area contributed by atoms with E-state index in [9.17, 15) is 25.2 Å².